The Morgan fingerprint density at radius 1 is 0.810 bits per heavy atom. The molecule has 0 aromatic heterocycles. The molecule has 0 saturated heterocycles. The summed E-state index contributed by atoms with van der Waals surface area (Å²) in [7, 11) is 0. The third-order valence-corrected chi connectivity index (χ3v) is 2.34. The van der Waals surface area contributed by atoms with E-state index in [1.54, 1.807) is 0 Å². The Balaban J connectivity index is 3.14. The van der Waals surface area contributed by atoms with E-state index in [1.807, 2.05) is 0 Å². The van der Waals surface area contributed by atoms with Gasteiger partial charge in [-0.15, -0.1) is 0 Å². The fraction of sp³-hybridized carbons (Fsp3) is 0.857. The van der Waals surface area contributed by atoms with Crippen molar-refractivity contribution in [3.8, 4) is 0 Å². The van der Waals surface area contributed by atoms with Crippen LogP contribution in [0, 0.1) is 0 Å². The zero-order valence-electron chi connectivity index (χ0n) is 12.8. The van der Waals surface area contributed by atoms with Crippen molar-refractivity contribution in [2.24, 2.45) is 5.73 Å². The minimum atomic E-state index is -0.578. The molecule has 0 aromatic carbocycles. The molecule has 0 radical (unpaired) electrons. The number of carbonyl (C=O) groups excluding carboxylic acids is 2. The van der Waals surface area contributed by atoms with Gasteiger partial charge in [0.2, 0.25) is 5.91 Å². The number of ketones is 1. The molecule has 124 valence electrons. The van der Waals surface area contributed by atoms with Gasteiger partial charge in [0.25, 0.3) is 0 Å². The minimum Gasteiger partial charge on any atom is -0.379 e. The zero-order valence-corrected chi connectivity index (χ0v) is 12.8. The van der Waals surface area contributed by atoms with E-state index in [0.29, 0.717) is 45.9 Å². The van der Waals surface area contributed by atoms with E-state index in [0.717, 1.165) is 13.0 Å². The van der Waals surface area contributed by atoms with E-state index in [-0.39, 0.29) is 19.0 Å². The molecule has 0 saturated carbocycles. The highest BCUT2D eigenvalue weighted by Crippen LogP contribution is 1.93. The summed E-state index contributed by atoms with van der Waals surface area (Å²) in [6.45, 7) is 5.21. The van der Waals surface area contributed by atoms with Crippen LogP contribution in [0.2, 0.25) is 0 Å². The molecule has 2 N–H and O–H groups in total. The van der Waals surface area contributed by atoms with E-state index >= 15 is 0 Å². The van der Waals surface area contributed by atoms with Crippen LogP contribution in [0.15, 0.2) is 0 Å². The van der Waals surface area contributed by atoms with Crippen molar-refractivity contribution in [3.63, 3.8) is 0 Å². The van der Waals surface area contributed by atoms with Crippen LogP contribution >= 0.6 is 0 Å². The van der Waals surface area contributed by atoms with Crippen LogP contribution in [-0.2, 0) is 28.5 Å². The average Bonchev–Trinajstić information content (AvgIpc) is 2.44. The van der Waals surface area contributed by atoms with Crippen molar-refractivity contribution in [1.29, 1.82) is 0 Å². The first-order chi connectivity index (χ1) is 10.2. The van der Waals surface area contributed by atoms with Gasteiger partial charge in [0.1, 0.15) is 13.2 Å². The van der Waals surface area contributed by atoms with Gasteiger partial charge >= 0.3 is 0 Å². The SMILES string of the molecule is CCCOCCOCCOCCCC(=O)COCC(N)=O. The Morgan fingerprint density at radius 3 is 1.95 bits per heavy atom. The Labute approximate surface area is 126 Å². The Kier molecular flexibility index (Phi) is 14.6. The van der Waals surface area contributed by atoms with Crippen LogP contribution in [-0.4, -0.2) is 64.5 Å². The number of hydrogen-bond acceptors (Lipinski definition) is 6. The van der Waals surface area contributed by atoms with Crippen molar-refractivity contribution in [3.05, 3.63) is 0 Å². The van der Waals surface area contributed by atoms with Gasteiger partial charge in [-0.3, -0.25) is 9.59 Å². The molecule has 0 aromatic rings. The highest BCUT2D eigenvalue weighted by Gasteiger charge is 2.03. The Morgan fingerprint density at radius 2 is 1.38 bits per heavy atom. The number of amides is 1. The lowest BCUT2D eigenvalue weighted by molar-refractivity contribution is -0.128. The zero-order chi connectivity index (χ0) is 15.8. The van der Waals surface area contributed by atoms with Gasteiger partial charge in [-0.25, -0.2) is 0 Å². The number of ether oxygens (including phenoxy) is 4. The molecule has 0 atom stereocenters. The summed E-state index contributed by atoms with van der Waals surface area (Å²) in [6.07, 6.45) is 2.00. The number of primary amides is 1. The third kappa shape index (κ3) is 16.9. The summed E-state index contributed by atoms with van der Waals surface area (Å²) < 4.78 is 20.7. The summed E-state index contributed by atoms with van der Waals surface area (Å²) in [4.78, 5) is 21.7. The lowest BCUT2D eigenvalue weighted by Gasteiger charge is -2.06. The second kappa shape index (κ2) is 15.4. The highest BCUT2D eigenvalue weighted by atomic mass is 16.5. The van der Waals surface area contributed by atoms with E-state index < -0.39 is 5.91 Å². The number of carbonyl (C=O) groups is 2. The van der Waals surface area contributed by atoms with Gasteiger partial charge in [-0.05, 0) is 12.8 Å². The van der Waals surface area contributed by atoms with Gasteiger partial charge < -0.3 is 24.7 Å². The Hall–Kier alpha value is -1.02. The maximum absolute atomic E-state index is 11.3. The van der Waals surface area contributed by atoms with Crippen LogP contribution in [0.1, 0.15) is 26.2 Å². The average molecular weight is 305 g/mol. The number of rotatable bonds is 16. The fourth-order valence-corrected chi connectivity index (χ4v) is 1.40. The number of Topliss-reactive ketones (excluding diaryl/α,β-unsaturated/α-hetero) is 1. The number of nitrogens with two attached hydrogens (primary N) is 1. The first-order valence-electron chi connectivity index (χ1n) is 7.27. The molecule has 7 heteroatoms. The molecule has 0 unspecified atom stereocenters. The largest absolute Gasteiger partial charge is 0.379 e. The minimum absolute atomic E-state index is 0.0656. The lowest BCUT2D eigenvalue weighted by atomic mass is 10.2. The smallest absolute Gasteiger partial charge is 0.243 e. The van der Waals surface area contributed by atoms with Gasteiger partial charge in [0, 0.05) is 19.6 Å². The number of hydrogen-bond donors (Lipinski definition) is 1. The molecule has 21 heavy (non-hydrogen) atoms. The molecule has 0 aliphatic rings. The molecule has 0 spiro atoms. The summed E-state index contributed by atoms with van der Waals surface area (Å²) in [5, 5.41) is 0. The highest BCUT2D eigenvalue weighted by molar-refractivity contribution is 5.80. The van der Waals surface area contributed by atoms with E-state index in [9.17, 15) is 9.59 Å². The summed E-state index contributed by atoms with van der Waals surface area (Å²) >= 11 is 0. The van der Waals surface area contributed by atoms with E-state index in [1.165, 1.54) is 0 Å². The van der Waals surface area contributed by atoms with Crippen LogP contribution in [0.5, 0.6) is 0 Å². The molecule has 0 fully saturated rings. The van der Waals surface area contributed by atoms with Gasteiger partial charge in [-0.1, -0.05) is 6.92 Å². The summed E-state index contributed by atoms with van der Waals surface area (Å²) in [6, 6.07) is 0. The third-order valence-electron chi connectivity index (χ3n) is 2.34. The van der Waals surface area contributed by atoms with Crippen LogP contribution in [0.3, 0.4) is 0 Å². The lowest BCUT2D eigenvalue weighted by Crippen LogP contribution is -2.21. The maximum Gasteiger partial charge on any atom is 0.243 e. The van der Waals surface area contributed by atoms with Crippen LogP contribution < -0.4 is 5.73 Å². The molecule has 0 heterocycles. The molecule has 0 aliphatic carbocycles. The molecule has 0 bridgehead atoms. The normalized spacial score (nSPS) is 10.7. The van der Waals surface area contributed by atoms with Crippen molar-refractivity contribution >= 4 is 11.7 Å². The van der Waals surface area contributed by atoms with Gasteiger partial charge in [0.05, 0.1) is 26.4 Å². The van der Waals surface area contributed by atoms with Crippen LogP contribution in [0.25, 0.3) is 0 Å². The predicted octanol–water partition coefficient (Wildman–Crippen LogP) is 0.297. The standard InChI is InChI=1S/C14H27NO6/c1-2-5-18-7-9-20-10-8-19-6-3-4-13(16)11-21-12-14(15)17/h2-12H2,1H3,(H2,15,17). The maximum atomic E-state index is 11.3. The summed E-state index contributed by atoms with van der Waals surface area (Å²) in [5.74, 6) is -0.643. The first kappa shape index (κ1) is 20.0. The molecule has 1 amide bonds. The van der Waals surface area contributed by atoms with Gasteiger partial charge in [-0.2, -0.15) is 0 Å². The molecule has 7 nitrogen and oxygen atoms in total. The molecule has 0 rings (SSSR count). The Bertz CT molecular complexity index is 272. The quantitative estimate of drug-likeness (QED) is 0.412. The van der Waals surface area contributed by atoms with Crippen molar-refractivity contribution in [1.82, 2.24) is 0 Å². The molecular weight excluding hydrogens is 278 g/mol. The summed E-state index contributed by atoms with van der Waals surface area (Å²) in [5.41, 5.74) is 4.88. The second-order valence-corrected chi connectivity index (χ2v) is 4.44. The van der Waals surface area contributed by atoms with E-state index in [2.05, 4.69) is 6.92 Å². The van der Waals surface area contributed by atoms with Crippen molar-refractivity contribution in [2.75, 3.05) is 52.9 Å². The fourth-order valence-electron chi connectivity index (χ4n) is 1.40. The molecule has 0 aliphatic heterocycles. The second-order valence-electron chi connectivity index (χ2n) is 4.44. The monoisotopic (exact) mass is 305 g/mol. The predicted molar refractivity (Wildman–Crippen MR) is 77.0 cm³/mol. The first-order valence-corrected chi connectivity index (χ1v) is 7.27. The van der Waals surface area contributed by atoms with Crippen molar-refractivity contribution < 1.29 is 28.5 Å². The molecular formula is C14H27NO6. The topological polar surface area (TPSA) is 97.1 Å². The van der Waals surface area contributed by atoms with Gasteiger partial charge in [0.15, 0.2) is 5.78 Å². The van der Waals surface area contributed by atoms with Crippen molar-refractivity contribution in [2.45, 2.75) is 26.2 Å². The van der Waals surface area contributed by atoms with Crippen LogP contribution in [0.4, 0.5) is 0 Å². The van der Waals surface area contributed by atoms with E-state index in [4.69, 9.17) is 24.7 Å².